The molecule has 0 saturated heterocycles. The van der Waals surface area contributed by atoms with E-state index in [0.717, 1.165) is 16.3 Å². The van der Waals surface area contributed by atoms with E-state index in [1.165, 1.54) is 17.0 Å². The zero-order valence-electron chi connectivity index (χ0n) is 12.4. The Hall–Kier alpha value is -1.95. The molecule has 1 aromatic heterocycles. The predicted molar refractivity (Wildman–Crippen MR) is 85.0 cm³/mol. The van der Waals surface area contributed by atoms with Crippen LogP contribution in [0.25, 0.3) is 0 Å². The molecule has 0 aliphatic rings. The van der Waals surface area contributed by atoms with E-state index in [-0.39, 0.29) is 5.82 Å². The minimum atomic E-state index is -0.225. The first-order chi connectivity index (χ1) is 10.1. The summed E-state index contributed by atoms with van der Waals surface area (Å²) < 4.78 is 12.8. The van der Waals surface area contributed by atoms with E-state index in [2.05, 4.69) is 20.6 Å². The van der Waals surface area contributed by atoms with E-state index in [4.69, 9.17) is 0 Å². The fourth-order valence-electron chi connectivity index (χ4n) is 1.91. The Morgan fingerprint density at radius 1 is 1.19 bits per heavy atom. The smallest absolute Gasteiger partial charge is 0.191 e. The number of benzene rings is 1. The summed E-state index contributed by atoms with van der Waals surface area (Å²) >= 11 is 1.68. The quantitative estimate of drug-likeness (QED) is 0.674. The lowest BCUT2D eigenvalue weighted by Gasteiger charge is -2.11. The van der Waals surface area contributed by atoms with E-state index in [1.807, 2.05) is 13.8 Å². The van der Waals surface area contributed by atoms with Crippen LogP contribution in [0, 0.1) is 19.7 Å². The standard InChI is InChI=1S/C15H19FN4S/c1-10-14(21-11(2)20-10)9-19-15(17-3)18-8-12-4-6-13(16)7-5-12/h4-7H,8-9H2,1-3H3,(H2,17,18,19). The second-order valence-electron chi connectivity index (χ2n) is 4.65. The molecule has 0 spiro atoms. The van der Waals surface area contributed by atoms with Crippen LogP contribution in [0.5, 0.6) is 0 Å². The summed E-state index contributed by atoms with van der Waals surface area (Å²) in [6.07, 6.45) is 0. The first-order valence-electron chi connectivity index (χ1n) is 6.70. The molecular weight excluding hydrogens is 287 g/mol. The molecule has 0 saturated carbocycles. The van der Waals surface area contributed by atoms with E-state index >= 15 is 0 Å². The summed E-state index contributed by atoms with van der Waals surface area (Å²) in [7, 11) is 1.73. The predicted octanol–water partition coefficient (Wildman–Crippen LogP) is 2.76. The Bertz CT molecular complexity index is 619. The highest BCUT2D eigenvalue weighted by Crippen LogP contribution is 2.16. The molecule has 6 heteroatoms. The van der Waals surface area contributed by atoms with Crippen molar-refractivity contribution >= 4 is 17.3 Å². The topological polar surface area (TPSA) is 49.3 Å². The zero-order valence-corrected chi connectivity index (χ0v) is 13.2. The number of nitrogens with zero attached hydrogens (tertiary/aromatic N) is 2. The molecule has 0 amide bonds. The maximum Gasteiger partial charge on any atom is 0.191 e. The van der Waals surface area contributed by atoms with Gasteiger partial charge in [0.2, 0.25) is 0 Å². The summed E-state index contributed by atoms with van der Waals surface area (Å²) in [5.41, 5.74) is 2.06. The molecule has 1 heterocycles. The first-order valence-corrected chi connectivity index (χ1v) is 7.52. The number of rotatable bonds is 4. The van der Waals surface area contributed by atoms with Crippen LogP contribution in [0.2, 0.25) is 0 Å². The molecule has 0 fully saturated rings. The fraction of sp³-hybridized carbons (Fsp3) is 0.333. The average Bonchev–Trinajstić information content (AvgIpc) is 2.79. The van der Waals surface area contributed by atoms with Crippen molar-refractivity contribution in [3.8, 4) is 0 Å². The third kappa shape index (κ3) is 4.53. The highest BCUT2D eigenvalue weighted by Gasteiger charge is 2.05. The van der Waals surface area contributed by atoms with Crippen molar-refractivity contribution in [1.29, 1.82) is 0 Å². The Labute approximate surface area is 128 Å². The van der Waals surface area contributed by atoms with Crippen LogP contribution in [0.1, 0.15) is 21.1 Å². The van der Waals surface area contributed by atoms with Gasteiger partial charge in [0.15, 0.2) is 5.96 Å². The molecule has 4 nitrogen and oxygen atoms in total. The van der Waals surface area contributed by atoms with Crippen LogP contribution in [-0.4, -0.2) is 18.0 Å². The van der Waals surface area contributed by atoms with Gasteiger partial charge in [0.1, 0.15) is 5.82 Å². The van der Waals surface area contributed by atoms with Gasteiger partial charge in [-0.15, -0.1) is 11.3 Å². The molecule has 1 aromatic carbocycles. The van der Waals surface area contributed by atoms with Crippen LogP contribution in [0.3, 0.4) is 0 Å². The number of aromatic nitrogens is 1. The number of nitrogens with one attached hydrogen (secondary N) is 2. The highest BCUT2D eigenvalue weighted by molar-refractivity contribution is 7.11. The monoisotopic (exact) mass is 306 g/mol. The SMILES string of the molecule is CN=C(NCc1ccc(F)cc1)NCc1sc(C)nc1C. The van der Waals surface area contributed by atoms with E-state index < -0.39 is 0 Å². The van der Waals surface area contributed by atoms with Gasteiger partial charge in [0.05, 0.1) is 17.2 Å². The van der Waals surface area contributed by atoms with Crippen molar-refractivity contribution < 1.29 is 4.39 Å². The zero-order chi connectivity index (χ0) is 15.2. The second-order valence-corrected chi connectivity index (χ2v) is 5.94. The van der Waals surface area contributed by atoms with Gasteiger partial charge in [-0.25, -0.2) is 9.37 Å². The normalized spacial score (nSPS) is 11.5. The Balaban J connectivity index is 1.86. The number of halogens is 1. The lowest BCUT2D eigenvalue weighted by molar-refractivity contribution is 0.626. The summed E-state index contributed by atoms with van der Waals surface area (Å²) in [6, 6.07) is 6.42. The first kappa shape index (κ1) is 15.4. The molecule has 0 bridgehead atoms. The highest BCUT2D eigenvalue weighted by atomic mass is 32.1. The number of guanidine groups is 1. The molecule has 0 aliphatic carbocycles. The van der Waals surface area contributed by atoms with Gasteiger partial charge in [-0.05, 0) is 31.5 Å². The van der Waals surface area contributed by atoms with Crippen molar-refractivity contribution in [1.82, 2.24) is 15.6 Å². The van der Waals surface area contributed by atoms with Crippen LogP contribution in [-0.2, 0) is 13.1 Å². The summed E-state index contributed by atoms with van der Waals surface area (Å²) in [5.74, 6) is 0.488. The molecule has 0 atom stereocenters. The Kier molecular flexibility index (Phi) is 5.27. The molecule has 2 aromatic rings. The van der Waals surface area contributed by atoms with E-state index in [1.54, 1.807) is 30.5 Å². The van der Waals surface area contributed by atoms with Crippen LogP contribution < -0.4 is 10.6 Å². The van der Waals surface area contributed by atoms with Crippen LogP contribution in [0.4, 0.5) is 4.39 Å². The van der Waals surface area contributed by atoms with Gasteiger partial charge in [-0.3, -0.25) is 4.99 Å². The number of thiazole rings is 1. The lowest BCUT2D eigenvalue weighted by atomic mass is 10.2. The summed E-state index contributed by atoms with van der Waals surface area (Å²) in [4.78, 5) is 9.78. The maximum atomic E-state index is 12.8. The van der Waals surface area contributed by atoms with Gasteiger partial charge in [0, 0.05) is 18.5 Å². The van der Waals surface area contributed by atoms with E-state index in [0.29, 0.717) is 19.0 Å². The van der Waals surface area contributed by atoms with Gasteiger partial charge < -0.3 is 10.6 Å². The fourth-order valence-corrected chi connectivity index (χ4v) is 2.79. The maximum absolute atomic E-state index is 12.8. The Morgan fingerprint density at radius 3 is 2.43 bits per heavy atom. The van der Waals surface area contributed by atoms with Crippen molar-refractivity contribution in [3.63, 3.8) is 0 Å². The number of hydrogen-bond acceptors (Lipinski definition) is 3. The van der Waals surface area contributed by atoms with Crippen molar-refractivity contribution in [2.45, 2.75) is 26.9 Å². The van der Waals surface area contributed by atoms with Gasteiger partial charge in [0.25, 0.3) is 0 Å². The molecule has 112 valence electrons. The molecule has 2 rings (SSSR count). The number of aryl methyl sites for hydroxylation is 2. The third-order valence-corrected chi connectivity index (χ3v) is 4.09. The molecule has 0 radical (unpaired) electrons. The lowest BCUT2D eigenvalue weighted by Crippen LogP contribution is -2.36. The van der Waals surface area contributed by atoms with Crippen molar-refractivity contribution in [2.24, 2.45) is 4.99 Å². The molecular formula is C15H19FN4S. The minimum Gasteiger partial charge on any atom is -0.352 e. The molecule has 0 unspecified atom stereocenters. The van der Waals surface area contributed by atoms with Gasteiger partial charge in [-0.1, -0.05) is 12.1 Å². The van der Waals surface area contributed by atoms with Crippen LogP contribution in [0.15, 0.2) is 29.3 Å². The summed E-state index contributed by atoms with van der Waals surface area (Å²) in [6.45, 7) is 5.30. The molecule has 2 N–H and O–H groups in total. The van der Waals surface area contributed by atoms with Crippen molar-refractivity contribution in [3.05, 3.63) is 51.2 Å². The van der Waals surface area contributed by atoms with Crippen LogP contribution >= 0.6 is 11.3 Å². The third-order valence-electron chi connectivity index (χ3n) is 3.01. The summed E-state index contributed by atoms with van der Waals surface area (Å²) in [5, 5.41) is 7.53. The average molecular weight is 306 g/mol. The minimum absolute atomic E-state index is 0.225. The Morgan fingerprint density at radius 2 is 1.86 bits per heavy atom. The number of aliphatic imine (C=N–C) groups is 1. The molecule has 0 aliphatic heterocycles. The van der Waals surface area contributed by atoms with E-state index in [9.17, 15) is 4.39 Å². The largest absolute Gasteiger partial charge is 0.352 e. The second kappa shape index (κ2) is 7.17. The number of hydrogen-bond donors (Lipinski definition) is 2. The van der Waals surface area contributed by atoms with Crippen molar-refractivity contribution in [2.75, 3.05) is 7.05 Å². The molecule has 21 heavy (non-hydrogen) atoms. The van der Waals surface area contributed by atoms with Gasteiger partial charge in [-0.2, -0.15) is 0 Å². The van der Waals surface area contributed by atoms with Gasteiger partial charge >= 0.3 is 0 Å².